The third kappa shape index (κ3) is 7.18. The maximum Gasteiger partial charge on any atom is 0.255 e. The van der Waals surface area contributed by atoms with Gasteiger partial charge in [-0.1, -0.05) is 73.7 Å². The molecule has 10 heteroatoms. The second-order valence-electron chi connectivity index (χ2n) is 13.8. The molecule has 0 saturated carbocycles. The third-order valence-corrected chi connectivity index (χ3v) is 10.6. The molecule has 4 unspecified atom stereocenters. The van der Waals surface area contributed by atoms with Gasteiger partial charge in [0.1, 0.15) is 5.54 Å². The molecule has 7 rings (SSSR count). The van der Waals surface area contributed by atoms with E-state index in [0.717, 1.165) is 29.9 Å². The van der Waals surface area contributed by atoms with E-state index < -0.39 is 11.8 Å². The quantitative estimate of drug-likeness (QED) is 0.187. The first-order valence-electron chi connectivity index (χ1n) is 17.6. The lowest BCUT2D eigenvalue weighted by atomic mass is 9.84. The minimum Gasteiger partial charge on any atom is -0.392 e. The molecular weight excluding hydrogens is 644 g/mol. The first kappa shape index (κ1) is 34.6. The smallest absolute Gasteiger partial charge is 0.255 e. The van der Waals surface area contributed by atoms with Crippen LogP contribution in [0.25, 0.3) is 0 Å². The van der Waals surface area contributed by atoms with Crippen molar-refractivity contribution in [3.05, 3.63) is 131 Å². The van der Waals surface area contributed by atoms with E-state index in [2.05, 4.69) is 39.5 Å². The number of likely N-dealkylation sites (tertiary alicyclic amines) is 1. The SMILES string of the molecule is CC(=O)c1cccc(NC(=O)c2cccc(C3OC(CN4CCC5(CC4)C(=O)NCN5c4ccccc4)C(C)C(c4ccc(CO)cc4)O3)c2)c1. The van der Waals surface area contributed by atoms with Crippen LogP contribution in [0.2, 0.25) is 0 Å². The molecule has 51 heavy (non-hydrogen) atoms. The summed E-state index contributed by atoms with van der Waals surface area (Å²) in [5, 5.41) is 15.6. The minimum atomic E-state index is -0.743. The molecule has 2 amide bonds. The Morgan fingerprint density at radius 2 is 1.61 bits per heavy atom. The predicted octanol–water partition coefficient (Wildman–Crippen LogP) is 5.85. The summed E-state index contributed by atoms with van der Waals surface area (Å²) in [6.07, 6.45) is 0.141. The van der Waals surface area contributed by atoms with Gasteiger partial charge in [-0.15, -0.1) is 0 Å². The normalized spacial score (nSPS) is 23.2. The van der Waals surface area contributed by atoms with Crippen molar-refractivity contribution >= 4 is 29.0 Å². The molecule has 264 valence electrons. The number of benzene rings is 4. The molecule has 3 N–H and O–H groups in total. The summed E-state index contributed by atoms with van der Waals surface area (Å²) in [7, 11) is 0. The van der Waals surface area contributed by atoms with Crippen LogP contribution in [0.15, 0.2) is 103 Å². The maximum absolute atomic E-state index is 13.4. The second-order valence-corrected chi connectivity index (χ2v) is 13.8. The summed E-state index contributed by atoms with van der Waals surface area (Å²) in [5.41, 5.74) is 4.48. The van der Waals surface area contributed by atoms with Gasteiger partial charge in [0.25, 0.3) is 5.91 Å². The second kappa shape index (κ2) is 14.8. The summed E-state index contributed by atoms with van der Waals surface area (Å²) < 4.78 is 13.4. The van der Waals surface area contributed by atoms with Crippen molar-refractivity contribution in [3.63, 3.8) is 0 Å². The van der Waals surface area contributed by atoms with Gasteiger partial charge in [0.15, 0.2) is 12.1 Å². The lowest BCUT2D eigenvalue weighted by molar-refractivity contribution is -0.276. The zero-order valence-electron chi connectivity index (χ0n) is 29.0. The van der Waals surface area contributed by atoms with E-state index in [1.54, 1.807) is 36.4 Å². The van der Waals surface area contributed by atoms with Crippen molar-refractivity contribution in [3.8, 4) is 0 Å². The van der Waals surface area contributed by atoms with Crippen LogP contribution in [0.1, 0.15) is 76.5 Å². The van der Waals surface area contributed by atoms with Gasteiger partial charge >= 0.3 is 0 Å². The molecule has 0 aliphatic carbocycles. The van der Waals surface area contributed by atoms with Crippen LogP contribution in [0, 0.1) is 5.92 Å². The van der Waals surface area contributed by atoms with Gasteiger partial charge in [0, 0.05) is 53.6 Å². The molecule has 3 saturated heterocycles. The zero-order chi connectivity index (χ0) is 35.5. The fourth-order valence-electron chi connectivity index (χ4n) is 7.57. The number of ether oxygens (including phenoxy) is 2. The summed E-state index contributed by atoms with van der Waals surface area (Å²) in [4.78, 5) is 43.1. The molecule has 0 radical (unpaired) electrons. The molecule has 0 bridgehead atoms. The summed E-state index contributed by atoms with van der Waals surface area (Å²) in [6.45, 7) is 6.23. The summed E-state index contributed by atoms with van der Waals surface area (Å²) in [6, 6.07) is 32.0. The van der Waals surface area contributed by atoms with E-state index in [1.165, 1.54) is 6.92 Å². The highest BCUT2D eigenvalue weighted by Crippen LogP contribution is 2.43. The van der Waals surface area contributed by atoms with Crippen molar-refractivity contribution < 1.29 is 29.0 Å². The van der Waals surface area contributed by atoms with Crippen molar-refractivity contribution in [2.75, 3.05) is 36.5 Å². The van der Waals surface area contributed by atoms with Gasteiger partial charge in [-0.2, -0.15) is 0 Å². The van der Waals surface area contributed by atoms with Gasteiger partial charge in [-0.25, -0.2) is 0 Å². The van der Waals surface area contributed by atoms with Gasteiger partial charge in [-0.05, 0) is 67.3 Å². The van der Waals surface area contributed by atoms with Crippen LogP contribution >= 0.6 is 0 Å². The van der Waals surface area contributed by atoms with Crippen LogP contribution < -0.4 is 15.5 Å². The molecule has 4 aromatic carbocycles. The van der Waals surface area contributed by atoms with Gasteiger partial charge < -0.3 is 35.0 Å². The Bertz CT molecular complexity index is 1870. The number of aliphatic hydroxyl groups excluding tert-OH is 1. The molecule has 3 aliphatic rings. The average molecular weight is 689 g/mol. The van der Waals surface area contributed by atoms with E-state index in [4.69, 9.17) is 9.47 Å². The Hall–Kier alpha value is -4.87. The van der Waals surface area contributed by atoms with Gasteiger partial charge in [0.2, 0.25) is 5.91 Å². The Kier molecular flexibility index (Phi) is 10.0. The number of anilines is 2. The number of aliphatic hydroxyl groups is 1. The highest BCUT2D eigenvalue weighted by molar-refractivity contribution is 6.05. The van der Waals surface area contributed by atoms with E-state index in [9.17, 15) is 19.5 Å². The number of para-hydroxylation sites is 1. The number of carbonyl (C=O) groups is 3. The average Bonchev–Trinajstić information content (AvgIpc) is 3.48. The highest BCUT2D eigenvalue weighted by atomic mass is 16.7. The Balaban J connectivity index is 1.10. The molecule has 1 spiro atoms. The van der Waals surface area contributed by atoms with E-state index >= 15 is 0 Å². The Morgan fingerprint density at radius 1 is 0.882 bits per heavy atom. The Labute approximate surface area is 298 Å². The van der Waals surface area contributed by atoms with Crippen LogP contribution in [-0.2, 0) is 20.9 Å². The third-order valence-electron chi connectivity index (χ3n) is 10.6. The number of Topliss-reactive ketones (excluding diaryl/α,β-unsaturated/α-hetero) is 1. The molecule has 0 aromatic heterocycles. The number of rotatable bonds is 9. The standard InChI is InChI=1S/C41H44N4O6/c1-27-36(24-44-20-18-41(19-21-44)40(49)42-26-45(41)35-12-4-3-5-13-35)50-39(51-37(27)30-16-14-29(25-46)15-17-30)33-10-6-9-32(22-33)38(48)43-34-11-7-8-31(23-34)28(2)47/h3-17,22-23,27,36-37,39,46H,18-21,24-26H2,1-2H3,(H,42,49)(H,43,48). The molecule has 4 atom stereocenters. The number of amides is 2. The lowest BCUT2D eigenvalue weighted by Gasteiger charge is -2.46. The monoisotopic (exact) mass is 688 g/mol. The van der Waals surface area contributed by atoms with Crippen molar-refractivity contribution in [2.45, 2.75) is 57.3 Å². The number of hydrogen-bond acceptors (Lipinski definition) is 8. The molecule has 3 aliphatic heterocycles. The highest BCUT2D eigenvalue weighted by Gasteiger charge is 2.51. The summed E-state index contributed by atoms with van der Waals surface area (Å²) >= 11 is 0. The number of piperidine rings is 1. The van der Waals surface area contributed by atoms with E-state index in [-0.39, 0.29) is 42.3 Å². The maximum atomic E-state index is 13.4. The first-order chi connectivity index (χ1) is 24.7. The molecule has 3 fully saturated rings. The number of hydrogen-bond donors (Lipinski definition) is 3. The largest absolute Gasteiger partial charge is 0.392 e. The fourth-order valence-corrected chi connectivity index (χ4v) is 7.57. The zero-order valence-corrected chi connectivity index (χ0v) is 29.0. The summed E-state index contributed by atoms with van der Waals surface area (Å²) in [5.74, 6) is -0.320. The fraction of sp³-hybridized carbons (Fsp3) is 0.341. The number of nitrogens with zero attached hydrogens (tertiary/aromatic N) is 2. The first-order valence-corrected chi connectivity index (χ1v) is 17.6. The molecule has 4 aromatic rings. The van der Waals surface area contributed by atoms with Crippen LogP contribution in [0.4, 0.5) is 11.4 Å². The van der Waals surface area contributed by atoms with Crippen molar-refractivity contribution in [2.24, 2.45) is 5.92 Å². The number of carbonyl (C=O) groups excluding carboxylic acids is 3. The lowest BCUT2D eigenvalue weighted by Crippen LogP contribution is -2.57. The van der Waals surface area contributed by atoms with Crippen molar-refractivity contribution in [1.82, 2.24) is 10.2 Å². The van der Waals surface area contributed by atoms with Crippen LogP contribution in [-0.4, -0.2) is 65.5 Å². The van der Waals surface area contributed by atoms with E-state index in [1.807, 2.05) is 54.6 Å². The van der Waals surface area contributed by atoms with Crippen LogP contribution in [0.3, 0.4) is 0 Å². The van der Waals surface area contributed by atoms with E-state index in [0.29, 0.717) is 48.4 Å². The molecular formula is C41H44N4O6. The van der Waals surface area contributed by atoms with Crippen molar-refractivity contribution in [1.29, 1.82) is 0 Å². The van der Waals surface area contributed by atoms with Gasteiger partial charge in [0.05, 0.1) is 25.5 Å². The predicted molar refractivity (Wildman–Crippen MR) is 194 cm³/mol. The number of nitrogens with one attached hydrogen (secondary N) is 2. The molecule has 10 nitrogen and oxygen atoms in total. The topological polar surface area (TPSA) is 120 Å². The Morgan fingerprint density at radius 3 is 2.33 bits per heavy atom. The number of ketones is 1. The van der Waals surface area contributed by atoms with Crippen LogP contribution in [0.5, 0.6) is 0 Å². The minimum absolute atomic E-state index is 0.0206. The van der Waals surface area contributed by atoms with Gasteiger partial charge in [-0.3, -0.25) is 14.4 Å². The molecule has 3 heterocycles.